The highest BCUT2D eigenvalue weighted by Crippen LogP contribution is 2.38. The monoisotopic (exact) mass is 227 g/mol. The first kappa shape index (κ1) is 10.9. The largest absolute Gasteiger partial charge is 0.343 e. The van der Waals surface area contributed by atoms with E-state index in [1.165, 1.54) is 0 Å². The van der Waals surface area contributed by atoms with Crippen molar-refractivity contribution in [3.05, 3.63) is 34.9 Å². The van der Waals surface area contributed by atoms with Crippen LogP contribution in [0.3, 0.4) is 0 Å². The van der Waals surface area contributed by atoms with Crippen molar-refractivity contribution in [2.75, 3.05) is 19.8 Å². The first-order valence-electron chi connectivity index (χ1n) is 5.01. The minimum atomic E-state index is -0.729. The normalized spacial score (nSPS) is 19.3. The van der Waals surface area contributed by atoms with E-state index >= 15 is 0 Å². The molecular formula is C11H14ClNO2. The first-order valence-corrected chi connectivity index (χ1v) is 5.39. The highest BCUT2D eigenvalue weighted by Gasteiger charge is 2.39. The number of hydrogen-bond acceptors (Lipinski definition) is 3. The Labute approximate surface area is 94.1 Å². The van der Waals surface area contributed by atoms with E-state index in [2.05, 4.69) is 0 Å². The molecular weight excluding hydrogens is 214 g/mol. The summed E-state index contributed by atoms with van der Waals surface area (Å²) in [6.07, 6.45) is 0.622. The van der Waals surface area contributed by atoms with Gasteiger partial charge < -0.3 is 15.2 Å². The molecule has 1 aromatic carbocycles. The maximum atomic E-state index is 6.13. The molecule has 2 rings (SSSR count). The van der Waals surface area contributed by atoms with Crippen LogP contribution in [0.5, 0.6) is 0 Å². The van der Waals surface area contributed by atoms with Crippen LogP contribution in [0.4, 0.5) is 0 Å². The van der Waals surface area contributed by atoms with Crippen LogP contribution in [0.1, 0.15) is 12.0 Å². The average molecular weight is 228 g/mol. The fraction of sp³-hybridized carbons (Fsp3) is 0.455. The molecule has 3 nitrogen and oxygen atoms in total. The second kappa shape index (κ2) is 4.49. The minimum Gasteiger partial charge on any atom is -0.343 e. The van der Waals surface area contributed by atoms with E-state index in [0.29, 0.717) is 31.2 Å². The highest BCUT2D eigenvalue weighted by molar-refractivity contribution is 6.31. The van der Waals surface area contributed by atoms with Gasteiger partial charge in [0.15, 0.2) is 5.79 Å². The smallest absolute Gasteiger partial charge is 0.197 e. The number of nitrogens with two attached hydrogens (primary N) is 1. The van der Waals surface area contributed by atoms with Crippen LogP contribution < -0.4 is 5.73 Å². The molecule has 1 saturated heterocycles. The van der Waals surface area contributed by atoms with E-state index in [1.54, 1.807) is 0 Å². The maximum Gasteiger partial charge on any atom is 0.197 e. The van der Waals surface area contributed by atoms with Gasteiger partial charge in [0, 0.05) is 17.0 Å². The third kappa shape index (κ3) is 2.01. The SMILES string of the molecule is NCCC1(c2ccccc2Cl)OCCO1. The van der Waals surface area contributed by atoms with E-state index in [1.807, 2.05) is 24.3 Å². The number of hydrogen-bond donors (Lipinski definition) is 1. The van der Waals surface area contributed by atoms with E-state index in [4.69, 9.17) is 26.8 Å². The molecule has 0 bridgehead atoms. The summed E-state index contributed by atoms with van der Waals surface area (Å²) in [4.78, 5) is 0. The van der Waals surface area contributed by atoms with E-state index in [-0.39, 0.29) is 0 Å². The number of rotatable bonds is 3. The molecule has 0 spiro atoms. The molecule has 0 amide bonds. The van der Waals surface area contributed by atoms with Crippen LogP contribution in [0.15, 0.2) is 24.3 Å². The highest BCUT2D eigenvalue weighted by atomic mass is 35.5. The number of ether oxygens (including phenoxy) is 2. The van der Waals surface area contributed by atoms with Crippen LogP contribution in [0.2, 0.25) is 5.02 Å². The summed E-state index contributed by atoms with van der Waals surface area (Å²) in [5.41, 5.74) is 6.45. The lowest BCUT2D eigenvalue weighted by molar-refractivity contribution is -0.168. The molecule has 1 heterocycles. The van der Waals surface area contributed by atoms with Crippen molar-refractivity contribution in [2.24, 2.45) is 5.73 Å². The Bertz CT molecular complexity index is 337. The molecule has 0 unspecified atom stereocenters. The van der Waals surface area contributed by atoms with Crippen LogP contribution in [0, 0.1) is 0 Å². The zero-order chi connectivity index (χ0) is 10.7. The lowest BCUT2D eigenvalue weighted by Gasteiger charge is -2.28. The Hall–Kier alpha value is -0.610. The van der Waals surface area contributed by atoms with Gasteiger partial charge in [-0.15, -0.1) is 0 Å². The summed E-state index contributed by atoms with van der Waals surface area (Å²) in [5.74, 6) is -0.729. The van der Waals surface area contributed by atoms with E-state index in [0.717, 1.165) is 5.56 Å². The van der Waals surface area contributed by atoms with Crippen LogP contribution in [0.25, 0.3) is 0 Å². The second-order valence-corrected chi connectivity index (χ2v) is 3.88. The van der Waals surface area contributed by atoms with Crippen molar-refractivity contribution in [3.8, 4) is 0 Å². The quantitative estimate of drug-likeness (QED) is 0.858. The maximum absolute atomic E-state index is 6.13. The van der Waals surface area contributed by atoms with Gasteiger partial charge >= 0.3 is 0 Å². The summed E-state index contributed by atoms with van der Waals surface area (Å²) in [6.45, 7) is 1.68. The first-order chi connectivity index (χ1) is 7.28. The molecule has 0 aromatic heterocycles. The Morgan fingerprint density at radius 3 is 2.53 bits per heavy atom. The standard InChI is InChI=1S/C11H14ClNO2/c12-10-4-2-1-3-9(10)11(5-6-13)14-7-8-15-11/h1-4H,5-8,13H2. The van der Waals surface area contributed by atoms with Crippen LogP contribution in [-0.4, -0.2) is 19.8 Å². The molecule has 0 saturated carbocycles. The number of benzene rings is 1. The van der Waals surface area contributed by atoms with Gasteiger partial charge in [-0.3, -0.25) is 0 Å². The van der Waals surface area contributed by atoms with Gasteiger partial charge in [-0.1, -0.05) is 29.8 Å². The predicted octanol–water partition coefficient (Wildman–Crippen LogP) is 1.89. The molecule has 0 atom stereocenters. The van der Waals surface area contributed by atoms with Crippen molar-refractivity contribution < 1.29 is 9.47 Å². The van der Waals surface area contributed by atoms with Crippen molar-refractivity contribution in [1.29, 1.82) is 0 Å². The zero-order valence-electron chi connectivity index (χ0n) is 8.41. The van der Waals surface area contributed by atoms with Crippen LogP contribution in [-0.2, 0) is 15.3 Å². The summed E-state index contributed by atoms with van der Waals surface area (Å²) in [5, 5.41) is 0.660. The Morgan fingerprint density at radius 1 is 1.27 bits per heavy atom. The van der Waals surface area contributed by atoms with Crippen molar-refractivity contribution in [1.82, 2.24) is 0 Å². The average Bonchev–Trinajstić information content (AvgIpc) is 2.69. The summed E-state index contributed by atoms with van der Waals surface area (Å²) in [7, 11) is 0. The molecule has 1 aromatic rings. The second-order valence-electron chi connectivity index (χ2n) is 3.47. The van der Waals surface area contributed by atoms with Gasteiger partial charge in [0.25, 0.3) is 0 Å². The van der Waals surface area contributed by atoms with Gasteiger partial charge in [-0.05, 0) is 12.6 Å². The van der Waals surface area contributed by atoms with E-state index < -0.39 is 5.79 Å². The Kier molecular flexibility index (Phi) is 3.26. The lowest BCUT2D eigenvalue weighted by atomic mass is 10.0. The van der Waals surface area contributed by atoms with Gasteiger partial charge in [-0.2, -0.15) is 0 Å². The Balaban J connectivity index is 2.36. The molecule has 4 heteroatoms. The summed E-state index contributed by atoms with van der Waals surface area (Å²) >= 11 is 6.13. The van der Waals surface area contributed by atoms with Gasteiger partial charge in [0.05, 0.1) is 13.2 Å². The minimum absolute atomic E-state index is 0.505. The molecule has 15 heavy (non-hydrogen) atoms. The van der Waals surface area contributed by atoms with Gasteiger partial charge in [0.1, 0.15) is 0 Å². The van der Waals surface area contributed by atoms with Gasteiger partial charge in [-0.25, -0.2) is 0 Å². The summed E-state index contributed by atoms with van der Waals surface area (Å²) in [6, 6.07) is 7.56. The van der Waals surface area contributed by atoms with E-state index in [9.17, 15) is 0 Å². The molecule has 1 aliphatic rings. The molecule has 2 N–H and O–H groups in total. The fourth-order valence-corrected chi connectivity index (χ4v) is 2.13. The zero-order valence-corrected chi connectivity index (χ0v) is 9.17. The van der Waals surface area contributed by atoms with Crippen molar-refractivity contribution in [3.63, 3.8) is 0 Å². The molecule has 1 fully saturated rings. The lowest BCUT2D eigenvalue weighted by Crippen LogP contribution is -2.30. The predicted molar refractivity (Wildman–Crippen MR) is 58.7 cm³/mol. The molecule has 82 valence electrons. The van der Waals surface area contributed by atoms with Crippen molar-refractivity contribution in [2.45, 2.75) is 12.2 Å². The molecule has 0 aliphatic carbocycles. The Morgan fingerprint density at radius 2 is 1.93 bits per heavy atom. The van der Waals surface area contributed by atoms with Crippen molar-refractivity contribution >= 4 is 11.6 Å². The van der Waals surface area contributed by atoms with Gasteiger partial charge in [0.2, 0.25) is 0 Å². The number of halogens is 1. The molecule has 0 radical (unpaired) electrons. The third-order valence-electron chi connectivity index (χ3n) is 2.51. The topological polar surface area (TPSA) is 44.5 Å². The van der Waals surface area contributed by atoms with Crippen LogP contribution >= 0.6 is 11.6 Å². The third-order valence-corrected chi connectivity index (χ3v) is 2.84. The summed E-state index contributed by atoms with van der Waals surface area (Å²) < 4.78 is 11.3. The molecule has 1 aliphatic heterocycles. The fourth-order valence-electron chi connectivity index (χ4n) is 1.85.